The van der Waals surface area contributed by atoms with Crippen LogP contribution < -0.4 is 5.32 Å². The number of nitrogens with one attached hydrogen (secondary N) is 1. The van der Waals surface area contributed by atoms with Crippen LogP contribution in [0.15, 0.2) is 28.8 Å². The molecule has 0 saturated heterocycles. The third kappa shape index (κ3) is 2.39. The lowest BCUT2D eigenvalue weighted by molar-refractivity contribution is 0.399. The summed E-state index contributed by atoms with van der Waals surface area (Å²) in [7, 11) is 0. The van der Waals surface area contributed by atoms with Gasteiger partial charge < -0.3 is 9.84 Å². The Balaban J connectivity index is 2.02. The normalized spacial score (nSPS) is 10.4. The average molecular weight is 220 g/mol. The number of nitrogens with zero attached hydrogens (tertiary/aromatic N) is 1. The van der Waals surface area contributed by atoms with Crippen molar-refractivity contribution in [1.82, 2.24) is 5.16 Å². The van der Waals surface area contributed by atoms with E-state index in [9.17, 15) is 4.39 Å². The maximum Gasteiger partial charge on any atom is 0.169 e. The maximum atomic E-state index is 13.2. The molecule has 0 aliphatic rings. The molecular formula is C12H13FN2O. The summed E-state index contributed by atoms with van der Waals surface area (Å²) in [5.41, 5.74) is 1.53. The van der Waals surface area contributed by atoms with Crippen molar-refractivity contribution in [3.05, 3.63) is 47.0 Å². The maximum absolute atomic E-state index is 13.2. The Hall–Kier alpha value is -1.84. The molecule has 3 nitrogen and oxygen atoms in total. The summed E-state index contributed by atoms with van der Waals surface area (Å²) < 4.78 is 18.2. The van der Waals surface area contributed by atoms with Crippen LogP contribution >= 0.6 is 0 Å². The number of aromatic nitrogens is 1. The first-order valence-electron chi connectivity index (χ1n) is 5.07. The van der Waals surface area contributed by atoms with Crippen LogP contribution in [0.25, 0.3) is 0 Å². The molecule has 1 aromatic heterocycles. The molecule has 0 aliphatic carbocycles. The molecule has 0 unspecified atom stereocenters. The molecule has 84 valence electrons. The lowest BCUT2D eigenvalue weighted by Crippen LogP contribution is -2.00. The summed E-state index contributed by atoms with van der Waals surface area (Å²) >= 11 is 0. The van der Waals surface area contributed by atoms with Crippen molar-refractivity contribution >= 4 is 5.82 Å². The van der Waals surface area contributed by atoms with Gasteiger partial charge in [-0.25, -0.2) is 4.39 Å². The third-order valence-corrected chi connectivity index (χ3v) is 2.34. The summed E-state index contributed by atoms with van der Waals surface area (Å²) in [6.45, 7) is 4.10. The topological polar surface area (TPSA) is 38.1 Å². The summed E-state index contributed by atoms with van der Waals surface area (Å²) in [6, 6.07) is 6.97. The molecule has 0 amide bonds. The fourth-order valence-corrected chi connectivity index (χ4v) is 1.39. The first-order chi connectivity index (χ1) is 7.65. The minimum Gasteiger partial charge on any atom is -0.363 e. The van der Waals surface area contributed by atoms with Gasteiger partial charge in [0, 0.05) is 12.6 Å². The van der Waals surface area contributed by atoms with E-state index in [0.717, 1.165) is 11.3 Å². The van der Waals surface area contributed by atoms with Crippen LogP contribution in [0.2, 0.25) is 0 Å². The molecule has 0 atom stereocenters. The Bertz CT molecular complexity index is 494. The molecule has 2 rings (SSSR count). The lowest BCUT2D eigenvalue weighted by Gasteiger charge is -2.03. The van der Waals surface area contributed by atoms with Gasteiger partial charge in [-0.05, 0) is 31.0 Å². The Morgan fingerprint density at radius 3 is 2.75 bits per heavy atom. The largest absolute Gasteiger partial charge is 0.363 e. The third-order valence-electron chi connectivity index (χ3n) is 2.34. The zero-order valence-corrected chi connectivity index (χ0v) is 9.25. The lowest BCUT2D eigenvalue weighted by atomic mass is 10.1. The highest BCUT2D eigenvalue weighted by atomic mass is 19.1. The fourth-order valence-electron chi connectivity index (χ4n) is 1.39. The molecular weight excluding hydrogens is 207 g/mol. The summed E-state index contributed by atoms with van der Waals surface area (Å²) in [5, 5.41) is 6.85. The van der Waals surface area contributed by atoms with Crippen molar-refractivity contribution in [1.29, 1.82) is 0 Å². The van der Waals surface area contributed by atoms with Gasteiger partial charge >= 0.3 is 0 Å². The fraction of sp³-hybridized carbons (Fsp3) is 0.250. The zero-order chi connectivity index (χ0) is 11.5. The number of anilines is 1. The molecule has 0 spiro atoms. The first-order valence-corrected chi connectivity index (χ1v) is 5.07. The number of halogens is 1. The molecule has 2 aromatic rings. The van der Waals surface area contributed by atoms with Crippen molar-refractivity contribution in [2.45, 2.75) is 20.4 Å². The van der Waals surface area contributed by atoms with E-state index in [-0.39, 0.29) is 5.82 Å². The highest BCUT2D eigenvalue weighted by Crippen LogP contribution is 2.12. The molecule has 4 heteroatoms. The SMILES string of the molecule is Cc1cc(NCc2ccc(C)c(F)c2)no1. The van der Waals surface area contributed by atoms with Gasteiger partial charge in [0.25, 0.3) is 0 Å². The number of hydrogen-bond donors (Lipinski definition) is 1. The van der Waals surface area contributed by atoms with E-state index in [1.165, 1.54) is 6.07 Å². The van der Waals surface area contributed by atoms with E-state index in [4.69, 9.17) is 4.52 Å². The quantitative estimate of drug-likeness (QED) is 0.863. The molecule has 1 aromatic carbocycles. The molecule has 0 fully saturated rings. The smallest absolute Gasteiger partial charge is 0.169 e. The van der Waals surface area contributed by atoms with Gasteiger partial charge in [-0.2, -0.15) is 0 Å². The van der Waals surface area contributed by atoms with Gasteiger partial charge in [0.05, 0.1) is 0 Å². The van der Waals surface area contributed by atoms with Gasteiger partial charge in [0.1, 0.15) is 11.6 Å². The van der Waals surface area contributed by atoms with Crippen LogP contribution in [0.4, 0.5) is 10.2 Å². The summed E-state index contributed by atoms with van der Waals surface area (Å²) in [4.78, 5) is 0. The molecule has 0 radical (unpaired) electrons. The second-order valence-electron chi connectivity index (χ2n) is 3.76. The number of rotatable bonds is 3. The van der Waals surface area contributed by atoms with E-state index >= 15 is 0 Å². The number of benzene rings is 1. The standard InChI is InChI=1S/C12H13FN2O/c1-8-3-4-10(6-11(8)13)7-14-12-5-9(2)16-15-12/h3-6H,7H2,1-2H3,(H,14,15). The van der Waals surface area contributed by atoms with Crippen molar-refractivity contribution in [3.8, 4) is 0 Å². The van der Waals surface area contributed by atoms with Crippen LogP contribution in [-0.4, -0.2) is 5.16 Å². The van der Waals surface area contributed by atoms with Crippen LogP contribution in [0, 0.1) is 19.7 Å². The molecule has 16 heavy (non-hydrogen) atoms. The Labute approximate surface area is 93.3 Å². The van der Waals surface area contributed by atoms with E-state index in [0.29, 0.717) is 17.9 Å². The minimum atomic E-state index is -0.185. The monoisotopic (exact) mass is 220 g/mol. The molecule has 1 heterocycles. The predicted molar refractivity (Wildman–Crippen MR) is 59.7 cm³/mol. The van der Waals surface area contributed by atoms with Gasteiger partial charge in [-0.3, -0.25) is 0 Å². The highest BCUT2D eigenvalue weighted by Gasteiger charge is 2.01. The van der Waals surface area contributed by atoms with Crippen molar-refractivity contribution in [2.75, 3.05) is 5.32 Å². The van der Waals surface area contributed by atoms with E-state index in [1.54, 1.807) is 19.1 Å². The van der Waals surface area contributed by atoms with Crippen molar-refractivity contribution in [3.63, 3.8) is 0 Å². The van der Waals surface area contributed by atoms with Crippen LogP contribution in [-0.2, 0) is 6.54 Å². The van der Waals surface area contributed by atoms with Crippen molar-refractivity contribution in [2.24, 2.45) is 0 Å². The summed E-state index contributed by atoms with van der Waals surface area (Å²) in [5.74, 6) is 1.23. The Morgan fingerprint density at radius 1 is 1.31 bits per heavy atom. The van der Waals surface area contributed by atoms with Gasteiger partial charge in [0.15, 0.2) is 5.82 Å². The minimum absolute atomic E-state index is 0.185. The van der Waals surface area contributed by atoms with E-state index in [2.05, 4.69) is 10.5 Å². The molecule has 1 N–H and O–H groups in total. The Kier molecular flexibility index (Phi) is 2.90. The summed E-state index contributed by atoms with van der Waals surface area (Å²) in [6.07, 6.45) is 0. The van der Waals surface area contributed by atoms with Crippen LogP contribution in [0.3, 0.4) is 0 Å². The van der Waals surface area contributed by atoms with Gasteiger partial charge in [0.2, 0.25) is 0 Å². The first kappa shape index (κ1) is 10.7. The Morgan fingerprint density at radius 2 is 2.12 bits per heavy atom. The predicted octanol–water partition coefficient (Wildman–Crippen LogP) is 3.04. The van der Waals surface area contributed by atoms with Crippen LogP contribution in [0.1, 0.15) is 16.9 Å². The van der Waals surface area contributed by atoms with Gasteiger partial charge in [-0.15, -0.1) is 0 Å². The number of hydrogen-bond acceptors (Lipinski definition) is 3. The molecule has 0 bridgehead atoms. The molecule has 0 aliphatic heterocycles. The number of aryl methyl sites for hydroxylation is 2. The highest BCUT2D eigenvalue weighted by molar-refractivity contribution is 5.35. The second kappa shape index (κ2) is 4.35. The molecule has 0 saturated carbocycles. The van der Waals surface area contributed by atoms with Gasteiger partial charge in [-0.1, -0.05) is 17.3 Å². The van der Waals surface area contributed by atoms with E-state index < -0.39 is 0 Å². The second-order valence-corrected chi connectivity index (χ2v) is 3.76. The van der Waals surface area contributed by atoms with Crippen LogP contribution in [0.5, 0.6) is 0 Å². The average Bonchev–Trinajstić information content (AvgIpc) is 2.66. The van der Waals surface area contributed by atoms with E-state index in [1.807, 2.05) is 13.0 Å². The zero-order valence-electron chi connectivity index (χ0n) is 9.25. The van der Waals surface area contributed by atoms with Crippen molar-refractivity contribution < 1.29 is 8.91 Å².